The molecule has 0 aliphatic heterocycles. The highest BCUT2D eigenvalue weighted by molar-refractivity contribution is 6.18. The monoisotopic (exact) mass is 181 g/mol. The SMILES string of the molecule is C=C(C(=O)NC(C)O)c1cnc[nH]1. The summed E-state index contributed by atoms with van der Waals surface area (Å²) in [5, 5.41) is 11.2. The Hall–Kier alpha value is -1.62. The molecule has 0 bridgehead atoms. The van der Waals surface area contributed by atoms with E-state index in [4.69, 9.17) is 5.11 Å². The molecular weight excluding hydrogens is 170 g/mol. The van der Waals surface area contributed by atoms with Gasteiger partial charge < -0.3 is 15.4 Å². The van der Waals surface area contributed by atoms with Gasteiger partial charge in [-0.25, -0.2) is 4.98 Å². The van der Waals surface area contributed by atoms with Gasteiger partial charge in [0, 0.05) is 0 Å². The highest BCUT2D eigenvalue weighted by Gasteiger charge is 2.11. The van der Waals surface area contributed by atoms with Gasteiger partial charge in [-0.1, -0.05) is 6.58 Å². The molecule has 3 N–H and O–H groups in total. The van der Waals surface area contributed by atoms with Gasteiger partial charge in [0.1, 0.15) is 6.23 Å². The van der Waals surface area contributed by atoms with E-state index in [0.717, 1.165) is 0 Å². The smallest absolute Gasteiger partial charge is 0.254 e. The highest BCUT2D eigenvalue weighted by Crippen LogP contribution is 2.07. The molecule has 1 heterocycles. The molecule has 0 aromatic carbocycles. The lowest BCUT2D eigenvalue weighted by Gasteiger charge is -2.07. The molecule has 70 valence electrons. The zero-order valence-corrected chi connectivity index (χ0v) is 7.24. The van der Waals surface area contributed by atoms with E-state index in [9.17, 15) is 4.79 Å². The van der Waals surface area contributed by atoms with Crippen LogP contribution in [-0.4, -0.2) is 27.2 Å². The lowest BCUT2D eigenvalue weighted by Crippen LogP contribution is -2.32. The summed E-state index contributed by atoms with van der Waals surface area (Å²) >= 11 is 0. The lowest BCUT2D eigenvalue weighted by molar-refractivity contribution is -0.118. The average molecular weight is 181 g/mol. The molecule has 0 saturated heterocycles. The van der Waals surface area contributed by atoms with Crippen molar-refractivity contribution in [3.05, 3.63) is 24.8 Å². The minimum atomic E-state index is -0.882. The van der Waals surface area contributed by atoms with Crippen molar-refractivity contribution in [3.63, 3.8) is 0 Å². The first kappa shape index (κ1) is 9.47. The number of nitrogens with zero attached hydrogens (tertiary/aromatic N) is 1. The van der Waals surface area contributed by atoms with Gasteiger partial charge >= 0.3 is 0 Å². The van der Waals surface area contributed by atoms with Crippen LogP contribution in [0.5, 0.6) is 0 Å². The van der Waals surface area contributed by atoms with E-state index in [-0.39, 0.29) is 5.57 Å². The molecule has 0 saturated carbocycles. The summed E-state index contributed by atoms with van der Waals surface area (Å²) < 4.78 is 0. The third-order valence-corrected chi connectivity index (χ3v) is 1.44. The van der Waals surface area contributed by atoms with Crippen LogP contribution in [0.3, 0.4) is 0 Å². The number of rotatable bonds is 3. The summed E-state index contributed by atoms with van der Waals surface area (Å²) in [4.78, 5) is 17.7. The summed E-state index contributed by atoms with van der Waals surface area (Å²) in [6.45, 7) is 5.01. The van der Waals surface area contributed by atoms with E-state index in [1.807, 2.05) is 0 Å². The van der Waals surface area contributed by atoms with Crippen LogP contribution < -0.4 is 5.32 Å². The third kappa shape index (κ3) is 2.41. The number of aliphatic hydroxyl groups excluding tert-OH is 1. The summed E-state index contributed by atoms with van der Waals surface area (Å²) in [6.07, 6.45) is 2.06. The van der Waals surface area contributed by atoms with Crippen molar-refractivity contribution < 1.29 is 9.90 Å². The molecule has 5 heteroatoms. The van der Waals surface area contributed by atoms with E-state index >= 15 is 0 Å². The van der Waals surface area contributed by atoms with Gasteiger partial charge in [-0.15, -0.1) is 0 Å². The van der Waals surface area contributed by atoms with Gasteiger partial charge in [-0.2, -0.15) is 0 Å². The third-order valence-electron chi connectivity index (χ3n) is 1.44. The number of amides is 1. The largest absolute Gasteiger partial charge is 0.374 e. The topological polar surface area (TPSA) is 78.0 Å². The van der Waals surface area contributed by atoms with Crippen LogP contribution in [-0.2, 0) is 4.79 Å². The molecule has 13 heavy (non-hydrogen) atoms. The van der Waals surface area contributed by atoms with Crippen molar-refractivity contribution in [2.24, 2.45) is 0 Å². The van der Waals surface area contributed by atoms with Crippen molar-refractivity contribution in [2.75, 3.05) is 0 Å². The van der Waals surface area contributed by atoms with Crippen molar-refractivity contribution in [1.29, 1.82) is 0 Å². The van der Waals surface area contributed by atoms with Crippen LogP contribution in [0.15, 0.2) is 19.1 Å². The van der Waals surface area contributed by atoms with Gasteiger partial charge in [-0.3, -0.25) is 4.79 Å². The number of nitrogens with one attached hydrogen (secondary N) is 2. The molecule has 0 spiro atoms. The lowest BCUT2D eigenvalue weighted by atomic mass is 10.2. The van der Waals surface area contributed by atoms with E-state index < -0.39 is 12.1 Å². The van der Waals surface area contributed by atoms with Gasteiger partial charge in [0.15, 0.2) is 0 Å². The van der Waals surface area contributed by atoms with Crippen LogP contribution in [0, 0.1) is 0 Å². The molecule has 0 fully saturated rings. The maximum Gasteiger partial charge on any atom is 0.254 e. The molecular formula is C8H11N3O2. The molecule has 0 aliphatic rings. The highest BCUT2D eigenvalue weighted by atomic mass is 16.3. The summed E-state index contributed by atoms with van der Waals surface area (Å²) in [7, 11) is 0. The van der Waals surface area contributed by atoms with E-state index in [0.29, 0.717) is 5.69 Å². The standard InChI is InChI=1S/C8H11N3O2/c1-5(7-3-9-4-10-7)8(13)11-6(2)12/h3-4,6,12H,1H2,2H3,(H,9,10)(H,11,13). The number of carbonyl (C=O) groups excluding carboxylic acids is 1. The second kappa shape index (κ2) is 3.86. The van der Waals surface area contributed by atoms with Crippen molar-refractivity contribution in [2.45, 2.75) is 13.2 Å². The quantitative estimate of drug-likeness (QED) is 0.449. The molecule has 0 radical (unpaired) electrons. The van der Waals surface area contributed by atoms with Crippen molar-refractivity contribution in [1.82, 2.24) is 15.3 Å². The molecule has 0 aliphatic carbocycles. The fourth-order valence-corrected chi connectivity index (χ4v) is 0.820. The van der Waals surface area contributed by atoms with Gasteiger partial charge in [0.2, 0.25) is 0 Å². The first-order valence-corrected chi connectivity index (χ1v) is 3.78. The zero-order chi connectivity index (χ0) is 9.84. The molecule has 1 rings (SSSR count). The zero-order valence-electron chi connectivity index (χ0n) is 7.24. The van der Waals surface area contributed by atoms with Crippen LogP contribution in [0.1, 0.15) is 12.6 Å². The van der Waals surface area contributed by atoms with Gasteiger partial charge in [0.05, 0.1) is 23.8 Å². The average Bonchev–Trinajstić information content (AvgIpc) is 2.53. The fourth-order valence-electron chi connectivity index (χ4n) is 0.820. The number of imidazole rings is 1. The molecule has 5 nitrogen and oxygen atoms in total. The Morgan fingerprint density at radius 3 is 3.00 bits per heavy atom. The minimum absolute atomic E-state index is 0.249. The maximum atomic E-state index is 11.2. The van der Waals surface area contributed by atoms with Crippen LogP contribution in [0.2, 0.25) is 0 Å². The van der Waals surface area contributed by atoms with E-state index in [1.54, 1.807) is 0 Å². The predicted molar refractivity (Wildman–Crippen MR) is 47.4 cm³/mol. The van der Waals surface area contributed by atoms with Gasteiger partial charge in [0.25, 0.3) is 5.91 Å². The minimum Gasteiger partial charge on any atom is -0.374 e. The Morgan fingerprint density at radius 2 is 2.54 bits per heavy atom. The maximum absolute atomic E-state index is 11.2. The van der Waals surface area contributed by atoms with E-state index in [1.165, 1.54) is 19.4 Å². The number of aromatic nitrogens is 2. The van der Waals surface area contributed by atoms with E-state index in [2.05, 4.69) is 21.9 Å². The molecule has 1 aromatic heterocycles. The number of H-pyrrole nitrogens is 1. The first-order chi connectivity index (χ1) is 6.11. The predicted octanol–water partition coefficient (Wildman–Crippen LogP) is -0.123. The van der Waals surface area contributed by atoms with Crippen molar-refractivity contribution >= 4 is 11.5 Å². The van der Waals surface area contributed by atoms with Gasteiger partial charge in [-0.05, 0) is 6.92 Å². The Balaban J connectivity index is 2.64. The Morgan fingerprint density at radius 1 is 1.85 bits per heavy atom. The second-order valence-electron chi connectivity index (χ2n) is 2.59. The molecule has 1 aromatic rings. The number of carbonyl (C=O) groups is 1. The molecule has 1 atom stereocenters. The first-order valence-electron chi connectivity index (χ1n) is 3.78. The molecule has 1 unspecified atom stereocenters. The number of hydrogen-bond acceptors (Lipinski definition) is 3. The second-order valence-corrected chi connectivity index (χ2v) is 2.59. The summed E-state index contributed by atoms with van der Waals surface area (Å²) in [5.41, 5.74) is 0.788. The number of hydrogen-bond donors (Lipinski definition) is 3. The Kier molecular flexibility index (Phi) is 2.81. The van der Waals surface area contributed by atoms with Crippen molar-refractivity contribution in [3.8, 4) is 0 Å². The Bertz CT molecular complexity index is 303. The molecule has 1 amide bonds. The normalized spacial score (nSPS) is 12.2. The van der Waals surface area contributed by atoms with Crippen LogP contribution in [0.4, 0.5) is 0 Å². The Labute approximate surface area is 75.5 Å². The summed E-state index contributed by atoms with van der Waals surface area (Å²) in [6, 6.07) is 0. The number of aromatic amines is 1. The van der Waals surface area contributed by atoms with Crippen LogP contribution in [0.25, 0.3) is 5.57 Å². The van der Waals surface area contributed by atoms with Crippen LogP contribution >= 0.6 is 0 Å². The number of aliphatic hydroxyl groups is 1. The summed E-state index contributed by atoms with van der Waals surface area (Å²) in [5.74, 6) is -0.417. The fraction of sp³-hybridized carbons (Fsp3) is 0.250.